The van der Waals surface area contributed by atoms with E-state index in [4.69, 9.17) is 35.9 Å². The summed E-state index contributed by atoms with van der Waals surface area (Å²) >= 11 is 0. The number of nitrogens with two attached hydrogens (primary N) is 1. The highest BCUT2D eigenvalue weighted by Crippen LogP contribution is 2.38. The first-order chi connectivity index (χ1) is 23.8. The molecule has 50 heavy (non-hydrogen) atoms. The van der Waals surface area contributed by atoms with Crippen LogP contribution in [0.3, 0.4) is 0 Å². The van der Waals surface area contributed by atoms with Gasteiger partial charge in [0.25, 0.3) is 6.47 Å². The molecule has 0 radical (unpaired) electrons. The third-order valence-corrected chi connectivity index (χ3v) is 8.60. The zero-order valence-corrected chi connectivity index (χ0v) is 29.3. The minimum absolute atomic E-state index is 0.199. The van der Waals surface area contributed by atoms with Crippen LogP contribution in [0.1, 0.15) is 62.4 Å². The van der Waals surface area contributed by atoms with Gasteiger partial charge in [-0.15, -0.1) is 0 Å². The van der Waals surface area contributed by atoms with Crippen LogP contribution in [0.25, 0.3) is 0 Å². The summed E-state index contributed by atoms with van der Waals surface area (Å²) in [5.74, 6) is 1.19. The van der Waals surface area contributed by atoms with E-state index in [-0.39, 0.29) is 47.4 Å². The van der Waals surface area contributed by atoms with Gasteiger partial charge in [0.1, 0.15) is 29.0 Å². The van der Waals surface area contributed by atoms with Crippen LogP contribution < -0.4 is 26.6 Å². The number of carbonyl (C=O) groups is 2. The molecule has 1 aliphatic carbocycles. The number of likely N-dealkylation sites (N-methyl/N-ethyl adjacent to an activating group) is 1. The maximum absolute atomic E-state index is 13.4. The average Bonchev–Trinajstić information content (AvgIpc) is 3.07. The van der Waals surface area contributed by atoms with Crippen molar-refractivity contribution in [1.29, 1.82) is 10.8 Å². The van der Waals surface area contributed by atoms with E-state index in [0.29, 0.717) is 49.0 Å². The Bertz CT molecular complexity index is 1780. The molecule has 1 fully saturated rings. The molecule has 1 aromatic heterocycles. The molecule has 2 amide bonds. The maximum Gasteiger partial charge on any atom is 0.320 e. The number of hydrogen-bond acceptors (Lipinski definition) is 9. The SMILES string of the molecule is Cc1ccc(N=C(/C=C(\N)C(C)(C)C)NC(=O)N[C@H]2CC[C@@H](Oc3ccc(=N)n(C(=N)[C@H]4COCCN4C)c3)c3ccccc32)cc1.O=CO. The van der Waals surface area contributed by atoms with E-state index in [9.17, 15) is 4.79 Å². The van der Waals surface area contributed by atoms with Gasteiger partial charge in [0.15, 0.2) is 0 Å². The number of amidine groups is 1. The molecule has 2 aromatic carbocycles. The number of fused-ring (bicyclic) bond motifs is 1. The van der Waals surface area contributed by atoms with E-state index in [1.807, 2.05) is 83.3 Å². The average molecular weight is 685 g/mol. The fourth-order valence-electron chi connectivity index (χ4n) is 5.60. The molecular weight excluding hydrogens is 636 g/mol. The Morgan fingerprint density at radius 1 is 1.10 bits per heavy atom. The van der Waals surface area contributed by atoms with Gasteiger partial charge in [-0.05, 0) is 62.2 Å². The Hall–Kier alpha value is -5.27. The number of aromatic nitrogens is 1. The minimum Gasteiger partial charge on any atom is -0.484 e. The van der Waals surface area contributed by atoms with Crippen LogP contribution in [0.4, 0.5) is 10.5 Å². The number of rotatable bonds is 6. The number of pyridine rings is 1. The Morgan fingerprint density at radius 2 is 1.78 bits per heavy atom. The largest absolute Gasteiger partial charge is 0.484 e. The summed E-state index contributed by atoms with van der Waals surface area (Å²) in [5, 5.41) is 30.2. The summed E-state index contributed by atoms with van der Waals surface area (Å²) in [7, 11) is 1.96. The van der Waals surface area contributed by atoms with Gasteiger partial charge in [-0.3, -0.25) is 30.4 Å². The number of amides is 2. The second kappa shape index (κ2) is 16.9. The third-order valence-electron chi connectivity index (χ3n) is 8.60. The van der Waals surface area contributed by atoms with Crippen LogP contribution >= 0.6 is 0 Å². The molecule has 2 heterocycles. The van der Waals surface area contributed by atoms with Gasteiger partial charge in [0.05, 0.1) is 37.2 Å². The zero-order valence-electron chi connectivity index (χ0n) is 29.3. The Labute approximate surface area is 292 Å². The molecule has 3 aromatic rings. The summed E-state index contributed by atoms with van der Waals surface area (Å²) in [5.41, 5.74) is 10.6. The van der Waals surface area contributed by atoms with E-state index in [2.05, 4.69) is 20.5 Å². The highest BCUT2D eigenvalue weighted by molar-refractivity contribution is 6.05. The van der Waals surface area contributed by atoms with Crippen LogP contribution in [0.15, 0.2) is 83.6 Å². The molecule has 266 valence electrons. The Balaban J connectivity index is 0.00000181. The topological polar surface area (TPSA) is 191 Å². The first kappa shape index (κ1) is 37.5. The minimum atomic E-state index is -0.379. The van der Waals surface area contributed by atoms with Crippen LogP contribution in [0.5, 0.6) is 5.75 Å². The number of carboxylic acid groups (broad SMARTS) is 1. The molecule has 0 saturated carbocycles. The predicted molar refractivity (Wildman–Crippen MR) is 193 cm³/mol. The van der Waals surface area contributed by atoms with Crippen molar-refractivity contribution in [3.8, 4) is 5.75 Å². The number of ether oxygens (including phenoxy) is 2. The number of morpholine rings is 1. The van der Waals surface area contributed by atoms with Gasteiger partial charge < -0.3 is 25.6 Å². The Morgan fingerprint density at radius 3 is 2.44 bits per heavy atom. The van der Waals surface area contributed by atoms with Gasteiger partial charge >= 0.3 is 6.03 Å². The van der Waals surface area contributed by atoms with E-state index < -0.39 is 0 Å². The van der Waals surface area contributed by atoms with Gasteiger partial charge in [0, 0.05) is 23.7 Å². The molecule has 13 heteroatoms. The smallest absolute Gasteiger partial charge is 0.320 e. The highest BCUT2D eigenvalue weighted by atomic mass is 16.5. The molecule has 7 N–H and O–H groups in total. The van der Waals surface area contributed by atoms with Gasteiger partial charge in [-0.1, -0.05) is 62.7 Å². The number of urea groups is 1. The number of aliphatic imine (C=N–C) groups is 1. The van der Waals surface area contributed by atoms with Gasteiger partial charge in [-0.2, -0.15) is 0 Å². The molecule has 0 unspecified atom stereocenters. The molecule has 0 bridgehead atoms. The van der Waals surface area contributed by atoms with Crippen molar-refractivity contribution in [3.05, 3.63) is 101 Å². The molecular formula is C37H48N8O5. The number of nitrogens with zero attached hydrogens (tertiary/aromatic N) is 3. The first-order valence-corrected chi connectivity index (χ1v) is 16.5. The van der Waals surface area contributed by atoms with Crippen molar-refractivity contribution in [3.63, 3.8) is 0 Å². The number of benzene rings is 2. The van der Waals surface area contributed by atoms with Crippen molar-refractivity contribution in [2.24, 2.45) is 16.1 Å². The predicted octanol–water partition coefficient (Wildman–Crippen LogP) is 5.01. The van der Waals surface area contributed by atoms with Crippen LogP contribution in [-0.2, 0) is 9.53 Å². The molecule has 3 atom stereocenters. The quantitative estimate of drug-likeness (QED) is 0.119. The second-order valence-electron chi connectivity index (χ2n) is 13.3. The van der Waals surface area contributed by atoms with Crippen LogP contribution in [0.2, 0.25) is 0 Å². The second-order valence-corrected chi connectivity index (χ2v) is 13.3. The fraction of sp³-hybridized carbons (Fsp3) is 0.378. The van der Waals surface area contributed by atoms with E-state index in [1.54, 1.807) is 29.0 Å². The normalized spacial score (nSPS) is 19.7. The van der Waals surface area contributed by atoms with Crippen molar-refractivity contribution in [2.75, 3.05) is 26.8 Å². The lowest BCUT2D eigenvalue weighted by atomic mass is 9.85. The molecule has 1 aliphatic heterocycles. The van der Waals surface area contributed by atoms with Crippen molar-refractivity contribution in [2.45, 2.75) is 58.7 Å². The molecule has 1 saturated heterocycles. The maximum atomic E-state index is 13.4. The van der Waals surface area contributed by atoms with E-state index in [0.717, 1.165) is 23.2 Å². The zero-order chi connectivity index (χ0) is 36.4. The van der Waals surface area contributed by atoms with Crippen molar-refractivity contribution >= 4 is 29.9 Å². The number of hydrogen-bond donors (Lipinski definition) is 6. The van der Waals surface area contributed by atoms with Gasteiger partial charge in [0.2, 0.25) is 0 Å². The molecule has 13 nitrogen and oxygen atoms in total. The van der Waals surface area contributed by atoms with Crippen molar-refractivity contribution in [1.82, 2.24) is 20.1 Å². The fourth-order valence-corrected chi connectivity index (χ4v) is 5.60. The van der Waals surface area contributed by atoms with Crippen molar-refractivity contribution < 1.29 is 24.2 Å². The highest BCUT2D eigenvalue weighted by Gasteiger charge is 2.30. The number of allylic oxidation sites excluding steroid dienone is 1. The lowest BCUT2D eigenvalue weighted by molar-refractivity contribution is -0.122. The number of aryl methyl sites for hydroxylation is 1. The number of nitrogens with one attached hydrogen (secondary N) is 4. The monoisotopic (exact) mass is 684 g/mol. The van der Waals surface area contributed by atoms with Crippen LogP contribution in [0, 0.1) is 23.2 Å². The lowest BCUT2D eigenvalue weighted by Crippen LogP contribution is -2.51. The first-order valence-electron chi connectivity index (χ1n) is 16.5. The van der Waals surface area contributed by atoms with E-state index >= 15 is 0 Å². The summed E-state index contributed by atoms with van der Waals surface area (Å²) < 4.78 is 13.6. The standard InChI is InChI=1S/C36H46N8O3.CH2O2/c1-23-10-12-24(13-11-23)40-33(20-31(37)36(2,3)4)42-35(45)41-28-15-16-30(27-9-7-6-8-26(27)28)47-25-14-17-32(38)44(21-25)34(39)29-22-46-19-18-43(29)5;2-1-3/h6-14,17,20-21,28-30,38-39H,15-16,18-19,22,37H2,1-5H3,(H2,40,41,42,45);1H,(H,2,3)/b31-20-,38-32?,39-34?;/t28-,29+,30+;/m0./s1. The summed E-state index contributed by atoms with van der Waals surface area (Å²) in [6.45, 7) is 9.55. The van der Waals surface area contributed by atoms with Gasteiger partial charge in [-0.25, -0.2) is 9.79 Å². The molecule has 0 spiro atoms. The molecule has 5 rings (SSSR count). The summed E-state index contributed by atoms with van der Waals surface area (Å²) in [6.07, 6.45) is 4.46. The van der Waals surface area contributed by atoms with Crippen LogP contribution in [-0.4, -0.2) is 71.6 Å². The number of carbonyl (C=O) groups excluding carboxylic acids is 1. The Kier molecular flexibility index (Phi) is 12.7. The summed E-state index contributed by atoms with van der Waals surface area (Å²) in [6, 6.07) is 18.2. The molecule has 2 aliphatic rings. The third kappa shape index (κ3) is 9.89. The summed E-state index contributed by atoms with van der Waals surface area (Å²) in [4.78, 5) is 28.5. The lowest BCUT2D eigenvalue weighted by Gasteiger charge is -2.34. The van der Waals surface area contributed by atoms with E-state index in [1.165, 1.54) is 0 Å².